The van der Waals surface area contributed by atoms with Gasteiger partial charge in [-0.25, -0.2) is 12.2 Å². The van der Waals surface area contributed by atoms with Gasteiger partial charge in [-0.05, 0) is 0 Å². The first-order valence-electron chi connectivity index (χ1n) is 3.22. The fraction of sp³-hybridized carbons (Fsp3) is 0.444. The van der Waals surface area contributed by atoms with Gasteiger partial charge in [-0.2, -0.15) is 26.8 Å². The summed E-state index contributed by atoms with van der Waals surface area (Å²) in [5.74, 6) is 1.42. The second-order valence-corrected chi connectivity index (χ2v) is 2.50. The Hall–Kier alpha value is 1.23. The number of halogens is 3. The van der Waals surface area contributed by atoms with E-state index >= 15 is 0 Å². The van der Waals surface area contributed by atoms with Gasteiger partial charge in [0.25, 0.3) is 0 Å². The first-order chi connectivity index (χ1) is 4.23. The zero-order valence-electron chi connectivity index (χ0n) is 8.07. The van der Waals surface area contributed by atoms with E-state index in [0.29, 0.717) is 0 Å². The fourth-order valence-corrected chi connectivity index (χ4v) is 0.340. The smallest absolute Gasteiger partial charge is 1.00 e. The first kappa shape index (κ1) is 29.2. The van der Waals surface area contributed by atoms with Gasteiger partial charge in [-0.3, -0.25) is 6.08 Å². The van der Waals surface area contributed by atoms with E-state index in [4.69, 9.17) is 0 Å². The Morgan fingerprint density at radius 1 is 1.08 bits per heavy atom. The molecule has 13 heavy (non-hydrogen) atoms. The van der Waals surface area contributed by atoms with Gasteiger partial charge < -0.3 is 43.1 Å². The predicted molar refractivity (Wildman–Crippen MR) is 41.8 cm³/mol. The third kappa shape index (κ3) is 43.0. The molecule has 1 aliphatic rings. The van der Waals surface area contributed by atoms with Gasteiger partial charge in [0.15, 0.2) is 0 Å². The Labute approximate surface area is 120 Å². The minimum absolute atomic E-state index is 0. The normalized spacial score (nSPS) is 9.54. The molecule has 0 aromatic heterocycles. The minimum Gasteiger partial charge on any atom is -1.00 e. The van der Waals surface area contributed by atoms with E-state index in [9.17, 15) is 0 Å². The molecule has 1 radical (unpaired) electrons. The van der Waals surface area contributed by atoms with Gasteiger partial charge in [0.05, 0.1) is 0 Å². The van der Waals surface area contributed by atoms with Crippen LogP contribution < -0.4 is 37.2 Å². The summed E-state index contributed by atoms with van der Waals surface area (Å²) in [5, 5.41) is 0. The maximum absolute atomic E-state index is 2.99. The molecule has 0 N–H and O–H groups in total. The summed E-state index contributed by atoms with van der Waals surface area (Å²) in [7, 11) is 0. The number of hydrogen-bond donors (Lipinski definition) is 0. The molecule has 0 spiro atoms. The van der Waals surface area contributed by atoms with E-state index in [2.05, 4.69) is 32.9 Å². The SMILES string of the molecule is C[C-](C)C.[C-]1=CC=CC1.[Cl-].[Cl-].[Cl-].[Zr+3]. The summed E-state index contributed by atoms with van der Waals surface area (Å²) >= 11 is 0. The van der Waals surface area contributed by atoms with Gasteiger partial charge in [-0.15, -0.1) is 6.42 Å². The van der Waals surface area contributed by atoms with Crippen LogP contribution in [-0.4, -0.2) is 0 Å². The summed E-state index contributed by atoms with van der Waals surface area (Å²) < 4.78 is 0. The van der Waals surface area contributed by atoms with Crippen molar-refractivity contribution in [2.75, 3.05) is 0 Å². The molecule has 0 saturated heterocycles. The topological polar surface area (TPSA) is 0 Å². The minimum atomic E-state index is 0. The molecular weight excluding hydrogens is 306 g/mol. The van der Waals surface area contributed by atoms with E-state index in [0.717, 1.165) is 6.42 Å². The monoisotopic (exact) mass is 317 g/mol. The second-order valence-electron chi connectivity index (χ2n) is 2.50. The molecule has 0 bridgehead atoms. The van der Waals surface area contributed by atoms with Crippen molar-refractivity contribution < 1.29 is 63.4 Å². The van der Waals surface area contributed by atoms with Crippen molar-refractivity contribution in [1.29, 1.82) is 0 Å². The molecule has 0 atom stereocenters. The number of allylic oxidation sites excluding steroid dienone is 4. The molecule has 0 heterocycles. The van der Waals surface area contributed by atoms with Crippen molar-refractivity contribution in [2.24, 2.45) is 0 Å². The van der Waals surface area contributed by atoms with E-state index in [-0.39, 0.29) is 63.4 Å². The van der Waals surface area contributed by atoms with Gasteiger partial charge in [0.2, 0.25) is 0 Å². The largest absolute Gasteiger partial charge is 3.00 e. The van der Waals surface area contributed by atoms with Crippen LogP contribution in [-0.2, 0) is 26.2 Å². The van der Waals surface area contributed by atoms with Crippen LogP contribution in [0.15, 0.2) is 18.2 Å². The van der Waals surface area contributed by atoms with Crippen LogP contribution >= 0.6 is 0 Å². The Balaban J connectivity index is -0.0000000256. The zero-order valence-corrected chi connectivity index (χ0v) is 12.8. The van der Waals surface area contributed by atoms with E-state index < -0.39 is 0 Å². The van der Waals surface area contributed by atoms with Crippen molar-refractivity contribution in [3.8, 4) is 0 Å². The molecule has 4 heteroatoms. The molecule has 0 aromatic carbocycles. The average molecular weight is 320 g/mol. The van der Waals surface area contributed by atoms with Crippen LogP contribution in [0.5, 0.6) is 0 Å². The molecule has 0 aromatic rings. The molecule has 0 unspecified atom stereocenters. The van der Waals surface area contributed by atoms with Crippen molar-refractivity contribution in [3.63, 3.8) is 0 Å². The molecule has 0 aliphatic heterocycles. The standard InChI is InChI=1S/C5H5.C4H9.3ClH.Zr/c1-2-4-5-3-1;1-4(2)3;;;;/h1-3H,4H2;1-3H3;3*1H;/q2*-1;;;;+3/p-3. The maximum Gasteiger partial charge on any atom is 3.00 e. The van der Waals surface area contributed by atoms with Crippen LogP contribution in [0.2, 0.25) is 0 Å². The quantitative estimate of drug-likeness (QED) is 0.390. The summed E-state index contributed by atoms with van der Waals surface area (Å²) in [6, 6.07) is 0. The van der Waals surface area contributed by atoms with E-state index in [1.807, 2.05) is 12.2 Å². The summed E-state index contributed by atoms with van der Waals surface area (Å²) in [5.41, 5.74) is 0. The van der Waals surface area contributed by atoms with Gasteiger partial charge in [0.1, 0.15) is 0 Å². The Morgan fingerprint density at radius 2 is 1.46 bits per heavy atom. The molecular formula is C9H14Cl3Zr-2. The molecule has 1 rings (SSSR count). The summed E-state index contributed by atoms with van der Waals surface area (Å²) in [4.78, 5) is 0. The van der Waals surface area contributed by atoms with Gasteiger partial charge in [0, 0.05) is 0 Å². The van der Waals surface area contributed by atoms with Crippen molar-refractivity contribution in [1.82, 2.24) is 0 Å². The number of rotatable bonds is 0. The predicted octanol–water partition coefficient (Wildman–Crippen LogP) is -6.06. The summed E-state index contributed by atoms with van der Waals surface area (Å²) in [6.07, 6.45) is 10.0. The molecule has 0 saturated carbocycles. The average Bonchev–Trinajstić information content (AvgIpc) is 2.11. The Morgan fingerprint density at radius 3 is 1.54 bits per heavy atom. The van der Waals surface area contributed by atoms with Crippen molar-refractivity contribution >= 4 is 0 Å². The van der Waals surface area contributed by atoms with Crippen LogP contribution in [0.4, 0.5) is 0 Å². The Kier molecular flexibility index (Phi) is 52.2. The van der Waals surface area contributed by atoms with Gasteiger partial charge >= 0.3 is 26.2 Å². The Bertz CT molecular complexity index is 98.7. The third-order valence-corrected chi connectivity index (χ3v) is 0.586. The fourth-order valence-electron chi connectivity index (χ4n) is 0.340. The third-order valence-electron chi connectivity index (χ3n) is 0.586. The zero-order chi connectivity index (χ0) is 7.11. The molecule has 77 valence electrons. The molecule has 0 fully saturated rings. The van der Waals surface area contributed by atoms with E-state index in [1.165, 1.54) is 5.92 Å². The first-order valence-corrected chi connectivity index (χ1v) is 3.22. The van der Waals surface area contributed by atoms with Crippen LogP contribution in [0.1, 0.15) is 27.2 Å². The van der Waals surface area contributed by atoms with Gasteiger partial charge in [-0.1, -0.05) is 0 Å². The summed E-state index contributed by atoms with van der Waals surface area (Å²) in [6.45, 7) is 6.25. The molecule has 0 amide bonds. The molecule has 1 aliphatic carbocycles. The number of hydrogen-bond acceptors (Lipinski definition) is 0. The van der Waals surface area contributed by atoms with Crippen molar-refractivity contribution in [2.45, 2.75) is 27.2 Å². The van der Waals surface area contributed by atoms with Crippen LogP contribution in [0.25, 0.3) is 0 Å². The molecule has 0 nitrogen and oxygen atoms in total. The van der Waals surface area contributed by atoms with E-state index in [1.54, 1.807) is 0 Å². The van der Waals surface area contributed by atoms with Crippen LogP contribution in [0, 0.1) is 12.0 Å². The second kappa shape index (κ2) is 23.2. The van der Waals surface area contributed by atoms with Crippen molar-refractivity contribution in [3.05, 3.63) is 30.2 Å². The maximum atomic E-state index is 2.99. The van der Waals surface area contributed by atoms with Crippen LogP contribution in [0.3, 0.4) is 0 Å².